The molecule has 1 amide bonds. The predicted octanol–water partition coefficient (Wildman–Crippen LogP) is 3.77. The number of amides is 1. The van der Waals surface area contributed by atoms with Gasteiger partial charge in [0.2, 0.25) is 10.1 Å². The van der Waals surface area contributed by atoms with Crippen LogP contribution in [0.4, 0.5) is 19.6 Å². The lowest BCUT2D eigenvalue weighted by Gasteiger charge is -2.26. The Morgan fingerprint density at radius 3 is 2.69 bits per heavy atom. The molecule has 1 aliphatic carbocycles. The van der Waals surface area contributed by atoms with Crippen molar-refractivity contribution in [1.82, 2.24) is 24.4 Å². The zero-order valence-electron chi connectivity index (χ0n) is 17.7. The van der Waals surface area contributed by atoms with Crippen molar-refractivity contribution in [3.05, 3.63) is 23.8 Å². The van der Waals surface area contributed by atoms with E-state index in [1.54, 1.807) is 4.68 Å². The lowest BCUT2D eigenvalue weighted by Crippen LogP contribution is -2.36. The summed E-state index contributed by atoms with van der Waals surface area (Å²) in [5, 5.41) is 12.0. The number of fused-ring (bicyclic) bond motifs is 1. The van der Waals surface area contributed by atoms with E-state index in [0.717, 1.165) is 43.9 Å². The Balaban J connectivity index is 1.37. The number of nitrogens with zero attached hydrogens (tertiary/aromatic N) is 6. The molecule has 2 fully saturated rings. The molecule has 1 N–H and O–H groups in total. The van der Waals surface area contributed by atoms with Crippen LogP contribution in [0.3, 0.4) is 0 Å². The van der Waals surface area contributed by atoms with Gasteiger partial charge in [-0.1, -0.05) is 18.3 Å². The first-order chi connectivity index (χ1) is 15.5. The molecule has 2 aliphatic rings. The van der Waals surface area contributed by atoms with E-state index in [0.29, 0.717) is 24.1 Å². The third kappa shape index (κ3) is 4.08. The van der Waals surface area contributed by atoms with Crippen LogP contribution in [0.2, 0.25) is 0 Å². The molecule has 1 saturated carbocycles. The summed E-state index contributed by atoms with van der Waals surface area (Å²) in [5.41, 5.74) is -0.192. The Bertz CT molecular complexity index is 1100. The summed E-state index contributed by atoms with van der Waals surface area (Å²) < 4.78 is 35.7. The molecule has 0 bridgehead atoms. The summed E-state index contributed by atoms with van der Waals surface area (Å²) in [7, 11) is 0. The Hall–Kier alpha value is -2.60. The van der Waals surface area contributed by atoms with Gasteiger partial charge < -0.3 is 15.0 Å². The number of imidazole rings is 1. The van der Waals surface area contributed by atoms with Crippen LogP contribution in [-0.4, -0.2) is 56.6 Å². The maximum Gasteiger partial charge on any atom is 0.284 e. The topological polar surface area (TPSA) is 89.6 Å². The first kappa shape index (κ1) is 21.3. The van der Waals surface area contributed by atoms with Gasteiger partial charge in [-0.2, -0.15) is 9.61 Å². The maximum atomic E-state index is 13.7. The monoisotopic (exact) mass is 465 g/mol. The van der Waals surface area contributed by atoms with Crippen molar-refractivity contribution in [2.75, 3.05) is 36.5 Å². The molecule has 3 aromatic rings. The van der Waals surface area contributed by atoms with Crippen LogP contribution in [-0.2, 0) is 4.74 Å². The number of hydrogen-bond donors (Lipinski definition) is 1. The van der Waals surface area contributed by atoms with E-state index in [-0.39, 0.29) is 17.4 Å². The zero-order valence-corrected chi connectivity index (χ0v) is 18.5. The minimum absolute atomic E-state index is 0.0298. The lowest BCUT2D eigenvalue weighted by atomic mass is 9.87. The van der Waals surface area contributed by atoms with Crippen LogP contribution in [0.25, 0.3) is 4.96 Å². The second kappa shape index (κ2) is 8.74. The number of nitrogens with one attached hydrogen (secondary N) is 1. The summed E-state index contributed by atoms with van der Waals surface area (Å²) in [6.45, 7) is 4.88. The SMILES string of the molecule is CC1CCC(n2cc(NC(=O)c3cnc4sc(N5CCOCC5)nn34)c(C(F)F)n2)CC1. The number of carbonyl (C=O) groups excluding carboxylic acids is 1. The number of hydrogen-bond acceptors (Lipinski definition) is 7. The fourth-order valence-corrected chi connectivity index (χ4v) is 5.19. The molecule has 9 nitrogen and oxygen atoms in total. The number of alkyl halides is 2. The molecule has 3 aromatic heterocycles. The normalized spacial score (nSPS) is 22.1. The average molecular weight is 466 g/mol. The lowest BCUT2D eigenvalue weighted by molar-refractivity contribution is 0.101. The Morgan fingerprint density at radius 2 is 1.97 bits per heavy atom. The molecule has 12 heteroatoms. The highest BCUT2D eigenvalue weighted by molar-refractivity contribution is 7.20. The smallest absolute Gasteiger partial charge is 0.284 e. The molecule has 5 rings (SSSR count). The van der Waals surface area contributed by atoms with Gasteiger partial charge >= 0.3 is 0 Å². The third-order valence-electron chi connectivity index (χ3n) is 6.16. The van der Waals surface area contributed by atoms with E-state index >= 15 is 0 Å². The van der Waals surface area contributed by atoms with E-state index in [1.807, 2.05) is 0 Å². The minimum Gasteiger partial charge on any atom is -0.378 e. The standard InChI is InChI=1S/C20H25F2N7O2S/c1-12-2-4-13(5-3-12)28-11-14(16(25-28)17(21)22)24-18(30)15-10-23-19-29(15)26-20(32-19)27-6-8-31-9-7-27/h10-13,17H,2-9H2,1H3,(H,24,30). The molecule has 0 unspecified atom stereocenters. The second-order valence-electron chi connectivity index (χ2n) is 8.40. The van der Waals surface area contributed by atoms with Gasteiger partial charge in [0.25, 0.3) is 12.3 Å². The number of aromatic nitrogens is 5. The Morgan fingerprint density at radius 1 is 1.22 bits per heavy atom. The van der Waals surface area contributed by atoms with Gasteiger partial charge in [-0.25, -0.2) is 13.8 Å². The quantitative estimate of drug-likeness (QED) is 0.617. The molecule has 32 heavy (non-hydrogen) atoms. The van der Waals surface area contributed by atoms with Crippen molar-refractivity contribution in [3.8, 4) is 0 Å². The van der Waals surface area contributed by atoms with Crippen molar-refractivity contribution in [2.24, 2.45) is 5.92 Å². The molecule has 1 aliphatic heterocycles. The zero-order chi connectivity index (χ0) is 22.2. The van der Waals surface area contributed by atoms with Crippen LogP contribution in [0.5, 0.6) is 0 Å². The van der Waals surface area contributed by atoms with E-state index in [2.05, 4.69) is 32.3 Å². The fraction of sp³-hybridized carbons (Fsp3) is 0.600. The highest BCUT2D eigenvalue weighted by Gasteiger charge is 2.27. The molecule has 0 atom stereocenters. The molecular formula is C20H25F2N7O2S. The molecule has 0 aromatic carbocycles. The molecule has 0 radical (unpaired) electrons. The highest BCUT2D eigenvalue weighted by Crippen LogP contribution is 2.34. The van der Waals surface area contributed by atoms with Gasteiger partial charge in [0, 0.05) is 19.3 Å². The summed E-state index contributed by atoms with van der Waals surface area (Å²) in [6, 6.07) is 0.0747. The van der Waals surface area contributed by atoms with Gasteiger partial charge in [-0.3, -0.25) is 9.48 Å². The van der Waals surface area contributed by atoms with Crippen LogP contribution in [0, 0.1) is 5.92 Å². The third-order valence-corrected chi connectivity index (χ3v) is 7.15. The molecule has 4 heterocycles. The highest BCUT2D eigenvalue weighted by atomic mass is 32.1. The number of morpholine rings is 1. The van der Waals surface area contributed by atoms with Gasteiger partial charge in [0.05, 0.1) is 31.1 Å². The van der Waals surface area contributed by atoms with Gasteiger partial charge in [-0.15, -0.1) is 5.10 Å². The minimum atomic E-state index is -2.79. The van der Waals surface area contributed by atoms with E-state index in [1.165, 1.54) is 28.2 Å². The van der Waals surface area contributed by atoms with E-state index < -0.39 is 18.0 Å². The number of anilines is 2. The number of carbonyl (C=O) groups is 1. The first-order valence-electron chi connectivity index (χ1n) is 10.9. The van der Waals surface area contributed by atoms with Crippen LogP contribution in [0.1, 0.15) is 61.3 Å². The fourth-order valence-electron chi connectivity index (χ4n) is 4.26. The predicted molar refractivity (Wildman–Crippen MR) is 116 cm³/mol. The van der Waals surface area contributed by atoms with Crippen LogP contribution < -0.4 is 10.2 Å². The maximum absolute atomic E-state index is 13.7. The Kier molecular flexibility index (Phi) is 5.80. The largest absolute Gasteiger partial charge is 0.378 e. The van der Waals surface area contributed by atoms with Crippen molar-refractivity contribution in [2.45, 2.75) is 45.1 Å². The summed E-state index contributed by atoms with van der Waals surface area (Å²) >= 11 is 1.37. The molecule has 172 valence electrons. The summed E-state index contributed by atoms with van der Waals surface area (Å²) in [6.07, 6.45) is 4.02. The van der Waals surface area contributed by atoms with E-state index in [4.69, 9.17) is 4.74 Å². The van der Waals surface area contributed by atoms with Crippen molar-refractivity contribution < 1.29 is 18.3 Å². The Labute approximate surface area is 187 Å². The van der Waals surface area contributed by atoms with Gasteiger partial charge in [0.15, 0.2) is 11.4 Å². The van der Waals surface area contributed by atoms with Crippen molar-refractivity contribution in [3.63, 3.8) is 0 Å². The number of rotatable bonds is 5. The van der Waals surface area contributed by atoms with Crippen molar-refractivity contribution >= 4 is 33.0 Å². The number of halogens is 2. The van der Waals surface area contributed by atoms with Gasteiger partial charge in [-0.05, 0) is 31.6 Å². The molecular weight excluding hydrogens is 440 g/mol. The summed E-state index contributed by atoms with van der Waals surface area (Å²) in [4.78, 5) is 19.9. The van der Waals surface area contributed by atoms with E-state index in [9.17, 15) is 13.6 Å². The van der Waals surface area contributed by atoms with Crippen molar-refractivity contribution in [1.29, 1.82) is 0 Å². The number of ether oxygens (including phenoxy) is 1. The first-order valence-corrected chi connectivity index (χ1v) is 11.7. The van der Waals surface area contributed by atoms with Crippen LogP contribution in [0.15, 0.2) is 12.4 Å². The average Bonchev–Trinajstić information content (AvgIpc) is 3.49. The summed E-state index contributed by atoms with van der Waals surface area (Å²) in [5.74, 6) is 0.0929. The molecule has 1 saturated heterocycles. The van der Waals surface area contributed by atoms with Crippen LogP contribution >= 0.6 is 11.3 Å². The van der Waals surface area contributed by atoms with Gasteiger partial charge in [0.1, 0.15) is 0 Å². The molecule has 0 spiro atoms. The second-order valence-corrected chi connectivity index (χ2v) is 9.33.